The molecule has 0 spiro atoms. The Bertz CT molecular complexity index is 545. The van der Waals surface area contributed by atoms with Crippen molar-refractivity contribution >= 4 is 11.9 Å². The zero-order valence-electron chi connectivity index (χ0n) is 15.1. The molecule has 26 heavy (non-hydrogen) atoms. The highest BCUT2D eigenvalue weighted by Crippen LogP contribution is 2.41. The lowest BCUT2D eigenvalue weighted by molar-refractivity contribution is -0.149. The Morgan fingerprint density at radius 2 is 2.04 bits per heavy atom. The Hall–Kier alpha value is -1.28. The van der Waals surface area contributed by atoms with Crippen LogP contribution in [0.2, 0.25) is 0 Å². The zero-order valence-corrected chi connectivity index (χ0v) is 15.1. The van der Waals surface area contributed by atoms with Crippen molar-refractivity contribution in [3.8, 4) is 0 Å². The molecule has 2 heterocycles. The fourth-order valence-corrected chi connectivity index (χ4v) is 4.89. The zero-order chi connectivity index (χ0) is 18.9. The summed E-state index contributed by atoms with van der Waals surface area (Å²) in [4.78, 5) is 24.9. The van der Waals surface area contributed by atoms with Crippen LogP contribution in [0.3, 0.4) is 0 Å². The number of ether oxygens (including phenoxy) is 1. The number of aliphatic carboxylic acids is 1. The number of carboxylic acids is 1. The lowest BCUT2D eigenvalue weighted by Crippen LogP contribution is -2.50. The van der Waals surface area contributed by atoms with Gasteiger partial charge in [-0.15, -0.1) is 0 Å². The molecule has 8 heteroatoms. The molecule has 0 amide bonds. The van der Waals surface area contributed by atoms with Crippen LogP contribution in [0.4, 0.5) is 8.78 Å². The predicted molar refractivity (Wildman–Crippen MR) is 89.9 cm³/mol. The van der Waals surface area contributed by atoms with E-state index >= 15 is 0 Å². The molecule has 0 aromatic heterocycles. The summed E-state index contributed by atoms with van der Waals surface area (Å²) in [5.41, 5.74) is 0. The number of nitrogens with zero attached hydrogens (tertiary/aromatic N) is 1. The number of carboxylic acid groups (broad SMARTS) is 1. The lowest BCUT2D eigenvalue weighted by atomic mass is 9.69. The summed E-state index contributed by atoms with van der Waals surface area (Å²) < 4.78 is 32.7. The van der Waals surface area contributed by atoms with Gasteiger partial charge in [0, 0.05) is 13.0 Å². The molecule has 5 atom stereocenters. The van der Waals surface area contributed by atoms with Crippen LogP contribution >= 0.6 is 0 Å². The molecule has 2 saturated heterocycles. The van der Waals surface area contributed by atoms with Crippen LogP contribution < -0.4 is 5.32 Å². The number of rotatable bonds is 5. The van der Waals surface area contributed by atoms with Gasteiger partial charge in [-0.05, 0) is 56.9 Å². The van der Waals surface area contributed by atoms with E-state index in [2.05, 4.69) is 5.32 Å². The van der Waals surface area contributed by atoms with E-state index in [1.807, 2.05) is 0 Å². The molecule has 1 saturated carbocycles. The summed E-state index contributed by atoms with van der Waals surface area (Å²) in [5.74, 6) is -3.27. The molecule has 6 nitrogen and oxygen atoms in total. The van der Waals surface area contributed by atoms with E-state index in [4.69, 9.17) is 4.74 Å². The molecule has 3 fully saturated rings. The van der Waals surface area contributed by atoms with Gasteiger partial charge in [-0.3, -0.25) is 14.5 Å². The highest BCUT2D eigenvalue weighted by atomic mass is 19.3. The monoisotopic (exact) mass is 374 g/mol. The number of carbonyl (C=O) groups excluding carboxylic acids is 1. The molecule has 148 valence electrons. The summed E-state index contributed by atoms with van der Waals surface area (Å²) in [6.45, 7) is 2.62. The highest BCUT2D eigenvalue weighted by Gasteiger charge is 2.49. The van der Waals surface area contributed by atoms with Gasteiger partial charge in [0.1, 0.15) is 12.1 Å². The number of alkyl halides is 2. The third-order valence-corrected chi connectivity index (χ3v) is 6.13. The quantitative estimate of drug-likeness (QED) is 0.714. The molecule has 3 aliphatic rings. The number of halogens is 2. The molecule has 0 radical (unpaired) electrons. The Morgan fingerprint density at radius 1 is 1.27 bits per heavy atom. The number of fused-ring (bicyclic) bond motifs is 1. The third kappa shape index (κ3) is 4.34. The van der Waals surface area contributed by atoms with Crippen LogP contribution in [-0.4, -0.2) is 66.2 Å². The van der Waals surface area contributed by atoms with Gasteiger partial charge in [0.05, 0.1) is 13.2 Å². The molecule has 1 aliphatic carbocycles. The number of carbonyl (C=O) groups is 2. The minimum absolute atomic E-state index is 0.186. The van der Waals surface area contributed by atoms with Crippen LogP contribution in [0, 0.1) is 17.8 Å². The Morgan fingerprint density at radius 3 is 2.73 bits per heavy atom. The van der Waals surface area contributed by atoms with Crippen LogP contribution in [-0.2, 0) is 14.3 Å². The summed E-state index contributed by atoms with van der Waals surface area (Å²) >= 11 is 0. The van der Waals surface area contributed by atoms with Gasteiger partial charge in [-0.1, -0.05) is 0 Å². The van der Waals surface area contributed by atoms with E-state index in [9.17, 15) is 23.5 Å². The van der Waals surface area contributed by atoms with Crippen molar-refractivity contribution in [2.75, 3.05) is 26.2 Å². The Balaban J connectivity index is 1.60. The average molecular weight is 374 g/mol. The topological polar surface area (TPSA) is 78.9 Å². The first-order valence-corrected chi connectivity index (χ1v) is 9.53. The van der Waals surface area contributed by atoms with Gasteiger partial charge in [0.2, 0.25) is 0 Å². The fourth-order valence-electron chi connectivity index (χ4n) is 4.89. The van der Waals surface area contributed by atoms with E-state index in [0.29, 0.717) is 31.3 Å². The summed E-state index contributed by atoms with van der Waals surface area (Å²) in [5, 5.41) is 12.3. The van der Waals surface area contributed by atoms with E-state index < -0.39 is 42.9 Å². The van der Waals surface area contributed by atoms with Crippen molar-refractivity contribution in [2.45, 2.75) is 57.0 Å². The second-order valence-corrected chi connectivity index (χ2v) is 7.99. The number of esters is 1. The molecule has 2 aliphatic heterocycles. The standard InChI is InChI=1S/C18H28F2N2O4/c1-2-26-17(25)15-7-18(19,20)10-22(15)9-11-3-4-12-8-21-14(16(23)24)6-13(12)5-11/h11-15,21H,2-10H2,1H3,(H,23,24)/t11?,12?,13?,14?,15-/m0/s1. The summed E-state index contributed by atoms with van der Waals surface area (Å²) in [7, 11) is 0. The molecule has 0 bridgehead atoms. The van der Waals surface area contributed by atoms with Crippen molar-refractivity contribution in [3.05, 3.63) is 0 Å². The first-order valence-electron chi connectivity index (χ1n) is 9.53. The first-order chi connectivity index (χ1) is 12.3. The van der Waals surface area contributed by atoms with Crippen molar-refractivity contribution in [2.24, 2.45) is 17.8 Å². The molecular formula is C18H28F2N2O4. The number of hydrogen-bond donors (Lipinski definition) is 2. The molecular weight excluding hydrogens is 346 g/mol. The van der Waals surface area contributed by atoms with Crippen molar-refractivity contribution in [1.82, 2.24) is 10.2 Å². The van der Waals surface area contributed by atoms with E-state index in [0.717, 1.165) is 19.3 Å². The molecule has 0 aromatic rings. The van der Waals surface area contributed by atoms with Crippen molar-refractivity contribution in [3.63, 3.8) is 0 Å². The van der Waals surface area contributed by atoms with Gasteiger partial charge in [0.25, 0.3) is 5.92 Å². The maximum Gasteiger partial charge on any atom is 0.323 e. The Kier molecular flexibility index (Phi) is 5.81. The number of piperidine rings is 1. The molecule has 4 unspecified atom stereocenters. The largest absolute Gasteiger partial charge is 0.480 e. The molecule has 2 N–H and O–H groups in total. The maximum absolute atomic E-state index is 13.9. The smallest absolute Gasteiger partial charge is 0.323 e. The van der Waals surface area contributed by atoms with Crippen LogP contribution in [0.1, 0.15) is 39.0 Å². The maximum atomic E-state index is 13.9. The van der Waals surface area contributed by atoms with E-state index in [1.165, 1.54) is 0 Å². The summed E-state index contributed by atoms with van der Waals surface area (Å²) in [6, 6.07) is -1.39. The first kappa shape index (κ1) is 19.5. The van der Waals surface area contributed by atoms with Gasteiger partial charge in [-0.2, -0.15) is 0 Å². The van der Waals surface area contributed by atoms with E-state index in [1.54, 1.807) is 11.8 Å². The second-order valence-electron chi connectivity index (χ2n) is 7.99. The highest BCUT2D eigenvalue weighted by molar-refractivity contribution is 5.76. The van der Waals surface area contributed by atoms with Gasteiger partial charge in [-0.25, -0.2) is 8.78 Å². The van der Waals surface area contributed by atoms with Gasteiger partial charge >= 0.3 is 11.9 Å². The average Bonchev–Trinajstić information content (AvgIpc) is 2.89. The number of hydrogen-bond acceptors (Lipinski definition) is 5. The third-order valence-electron chi connectivity index (χ3n) is 6.13. The predicted octanol–water partition coefficient (Wildman–Crippen LogP) is 1.74. The van der Waals surface area contributed by atoms with Crippen LogP contribution in [0.5, 0.6) is 0 Å². The lowest BCUT2D eigenvalue weighted by Gasteiger charge is -2.42. The number of likely N-dealkylation sites (tertiary alicyclic amines) is 1. The normalized spacial score (nSPS) is 37.1. The number of nitrogens with one attached hydrogen (secondary N) is 1. The molecule has 3 rings (SSSR count). The second kappa shape index (κ2) is 7.76. The van der Waals surface area contributed by atoms with Crippen molar-refractivity contribution in [1.29, 1.82) is 0 Å². The van der Waals surface area contributed by atoms with Crippen LogP contribution in [0.15, 0.2) is 0 Å². The van der Waals surface area contributed by atoms with Crippen LogP contribution in [0.25, 0.3) is 0 Å². The van der Waals surface area contributed by atoms with Gasteiger partial charge < -0.3 is 15.2 Å². The minimum Gasteiger partial charge on any atom is -0.480 e. The SMILES string of the molecule is CCOC(=O)[C@@H]1CC(F)(F)CN1CC1CCC2CNC(C(=O)O)CC2C1. The fraction of sp³-hybridized carbons (Fsp3) is 0.889. The van der Waals surface area contributed by atoms with Gasteiger partial charge in [0.15, 0.2) is 0 Å². The minimum atomic E-state index is -2.86. The van der Waals surface area contributed by atoms with Crippen molar-refractivity contribution < 1.29 is 28.2 Å². The Labute approximate surface area is 152 Å². The summed E-state index contributed by atoms with van der Waals surface area (Å²) in [6.07, 6.45) is 2.86. The van der Waals surface area contributed by atoms with E-state index in [-0.39, 0.29) is 12.5 Å². The molecule has 0 aromatic carbocycles.